The normalized spacial score (nSPS) is 14.2. The number of aliphatic carboxylic acids is 2. The lowest BCUT2D eigenvalue weighted by molar-refractivity contribution is -0.134. The zero-order valence-corrected chi connectivity index (χ0v) is 24.5. The van der Waals surface area contributed by atoms with Gasteiger partial charge in [0.25, 0.3) is 0 Å². The van der Waals surface area contributed by atoms with Crippen LogP contribution in [0, 0.1) is 0 Å². The van der Waals surface area contributed by atoms with Crippen molar-refractivity contribution in [3.05, 3.63) is 58.2 Å². The van der Waals surface area contributed by atoms with E-state index in [2.05, 4.69) is 48.5 Å². The maximum absolute atomic E-state index is 12.0. The first-order chi connectivity index (χ1) is 18.9. The molecule has 0 bridgehead atoms. The van der Waals surface area contributed by atoms with Crippen molar-refractivity contribution in [1.82, 2.24) is 24.4 Å². The summed E-state index contributed by atoms with van der Waals surface area (Å²) < 4.78 is 1.73. The van der Waals surface area contributed by atoms with Gasteiger partial charge in [0.15, 0.2) is 0 Å². The Kier molecular flexibility index (Phi) is 12.9. The second-order valence-electron chi connectivity index (χ2n) is 10.8. The van der Waals surface area contributed by atoms with Gasteiger partial charge in [-0.2, -0.15) is 4.98 Å². The number of hydrogen-bond acceptors (Lipinski definition) is 8. The molecule has 1 fully saturated rings. The Bertz CT molecular complexity index is 1180. The largest absolute Gasteiger partial charge is 0.478 e. The van der Waals surface area contributed by atoms with Gasteiger partial charge in [-0.3, -0.25) is 9.47 Å². The second kappa shape index (κ2) is 15.9. The summed E-state index contributed by atoms with van der Waals surface area (Å²) in [4.78, 5) is 49.9. The molecule has 0 atom stereocenters. The Labute approximate surface area is 236 Å². The van der Waals surface area contributed by atoms with Gasteiger partial charge in [-0.25, -0.2) is 24.4 Å². The van der Waals surface area contributed by atoms with Gasteiger partial charge in [0.05, 0.1) is 0 Å². The van der Waals surface area contributed by atoms with Crippen LogP contribution < -0.4 is 10.6 Å². The summed E-state index contributed by atoms with van der Waals surface area (Å²) >= 11 is 0. The number of aromatic nitrogens is 4. The number of rotatable bonds is 11. The van der Waals surface area contributed by atoms with Crippen LogP contribution in [0.15, 0.2) is 35.3 Å². The van der Waals surface area contributed by atoms with Crippen molar-refractivity contribution in [2.45, 2.75) is 78.7 Å². The molecule has 11 nitrogen and oxygen atoms in total. The van der Waals surface area contributed by atoms with Crippen LogP contribution in [0.5, 0.6) is 0 Å². The molecule has 0 unspecified atom stereocenters. The molecule has 2 N–H and O–H groups in total. The molecule has 2 aromatic heterocycles. The van der Waals surface area contributed by atoms with Crippen LogP contribution in [0.2, 0.25) is 0 Å². The molecule has 220 valence electrons. The molecule has 0 spiro atoms. The Balaban J connectivity index is 0.000000611. The molecule has 0 aliphatic carbocycles. The minimum atomic E-state index is -1.26. The van der Waals surface area contributed by atoms with Crippen LogP contribution in [0.3, 0.4) is 0 Å². The molecule has 1 saturated heterocycles. The fraction of sp³-hybridized carbons (Fsp3) is 0.586. The Morgan fingerprint density at radius 1 is 0.925 bits per heavy atom. The van der Waals surface area contributed by atoms with Gasteiger partial charge in [0.2, 0.25) is 0 Å². The zero-order valence-electron chi connectivity index (χ0n) is 24.5. The first-order valence-electron chi connectivity index (χ1n) is 14.0. The van der Waals surface area contributed by atoms with Crippen LogP contribution in [0.4, 0.5) is 5.82 Å². The number of carboxylic acids is 2. The lowest BCUT2D eigenvalue weighted by Gasteiger charge is -2.36. The molecule has 1 aliphatic rings. The Morgan fingerprint density at radius 3 is 2.08 bits per heavy atom. The zero-order chi connectivity index (χ0) is 29.7. The van der Waals surface area contributed by atoms with Crippen LogP contribution in [-0.2, 0) is 34.4 Å². The molecular weight excluding hydrogens is 512 g/mol. The molecule has 11 heteroatoms. The van der Waals surface area contributed by atoms with Gasteiger partial charge < -0.3 is 15.1 Å². The topological polar surface area (TPSA) is 142 Å². The van der Waals surface area contributed by atoms with E-state index in [0.717, 1.165) is 94.4 Å². The third-order valence-corrected chi connectivity index (χ3v) is 6.42. The predicted molar refractivity (Wildman–Crippen MR) is 155 cm³/mol. The highest BCUT2D eigenvalue weighted by molar-refractivity contribution is 5.89. The molecule has 1 aliphatic heterocycles. The van der Waals surface area contributed by atoms with E-state index in [1.54, 1.807) is 4.57 Å². The Hall–Kier alpha value is -3.60. The summed E-state index contributed by atoms with van der Waals surface area (Å²) in [5, 5.41) is 15.6. The molecular formula is C29H44N6O5. The third kappa shape index (κ3) is 11.3. The van der Waals surface area contributed by atoms with Crippen LogP contribution in [-0.4, -0.2) is 79.3 Å². The van der Waals surface area contributed by atoms with Crippen LogP contribution >= 0.6 is 0 Å². The summed E-state index contributed by atoms with van der Waals surface area (Å²) in [6.07, 6.45) is 7.97. The highest BCUT2D eigenvalue weighted by atomic mass is 16.4. The molecule has 0 radical (unpaired) electrons. The number of carbonyl (C=O) groups is 2. The van der Waals surface area contributed by atoms with E-state index in [-0.39, 0.29) is 11.1 Å². The van der Waals surface area contributed by atoms with Gasteiger partial charge in [-0.05, 0) is 38.3 Å². The average Bonchev–Trinajstić information content (AvgIpc) is 2.91. The number of unbranched alkanes of at least 4 members (excludes halogenated alkanes) is 1. The molecule has 3 rings (SSSR count). The van der Waals surface area contributed by atoms with Gasteiger partial charge in [0, 0.05) is 73.9 Å². The fourth-order valence-electron chi connectivity index (χ4n) is 4.16. The van der Waals surface area contributed by atoms with Gasteiger partial charge in [-0.15, -0.1) is 0 Å². The van der Waals surface area contributed by atoms with Crippen molar-refractivity contribution in [3.63, 3.8) is 0 Å². The minimum absolute atomic E-state index is 0.0470. The van der Waals surface area contributed by atoms with Gasteiger partial charge >= 0.3 is 17.6 Å². The van der Waals surface area contributed by atoms with Gasteiger partial charge in [-0.1, -0.05) is 41.0 Å². The van der Waals surface area contributed by atoms with Crippen molar-refractivity contribution in [3.8, 4) is 0 Å². The lowest BCUT2D eigenvalue weighted by Crippen LogP contribution is -2.47. The molecule has 0 amide bonds. The third-order valence-electron chi connectivity index (χ3n) is 6.42. The fourth-order valence-corrected chi connectivity index (χ4v) is 4.16. The molecule has 2 aromatic rings. The summed E-state index contributed by atoms with van der Waals surface area (Å²) in [6, 6.07) is 4.13. The minimum Gasteiger partial charge on any atom is -0.478 e. The number of aryl methyl sites for hydroxylation is 3. The van der Waals surface area contributed by atoms with Crippen molar-refractivity contribution in [2.75, 3.05) is 37.6 Å². The van der Waals surface area contributed by atoms with E-state index in [0.29, 0.717) is 12.2 Å². The smallest absolute Gasteiger partial charge is 0.347 e. The highest BCUT2D eigenvalue weighted by Crippen LogP contribution is 2.23. The van der Waals surface area contributed by atoms with Gasteiger partial charge in [0.1, 0.15) is 11.6 Å². The van der Waals surface area contributed by atoms with Crippen molar-refractivity contribution in [1.29, 1.82) is 0 Å². The number of piperazine rings is 1. The lowest BCUT2D eigenvalue weighted by atomic mass is 9.95. The Morgan fingerprint density at radius 2 is 1.55 bits per heavy atom. The number of hydrogen-bond donors (Lipinski definition) is 2. The maximum Gasteiger partial charge on any atom is 0.347 e. The van der Waals surface area contributed by atoms with E-state index in [1.807, 2.05) is 19.2 Å². The number of anilines is 1. The SMILES string of the molecule is CCCc1cc(N2CCN(CCCCn3ccc(CC)nc3=O)CC2)nc(C(C)(C)C)n1.O=C(O)C=CC(=O)O. The second-order valence-corrected chi connectivity index (χ2v) is 10.8. The molecule has 0 aromatic carbocycles. The van der Waals surface area contributed by atoms with Crippen molar-refractivity contribution < 1.29 is 19.8 Å². The molecule has 0 saturated carbocycles. The summed E-state index contributed by atoms with van der Waals surface area (Å²) in [5.41, 5.74) is 1.85. The van der Waals surface area contributed by atoms with E-state index < -0.39 is 11.9 Å². The van der Waals surface area contributed by atoms with E-state index >= 15 is 0 Å². The first kappa shape index (κ1) is 32.6. The number of nitrogens with zero attached hydrogens (tertiary/aromatic N) is 6. The van der Waals surface area contributed by atoms with E-state index in [9.17, 15) is 14.4 Å². The predicted octanol–water partition coefficient (Wildman–Crippen LogP) is 3.16. The van der Waals surface area contributed by atoms with Crippen molar-refractivity contribution >= 4 is 17.8 Å². The summed E-state index contributed by atoms with van der Waals surface area (Å²) in [6.45, 7) is 16.7. The quantitative estimate of drug-likeness (QED) is 0.313. The molecule has 3 heterocycles. The highest BCUT2D eigenvalue weighted by Gasteiger charge is 2.23. The summed E-state index contributed by atoms with van der Waals surface area (Å²) in [5.74, 6) is -0.493. The molecule has 40 heavy (non-hydrogen) atoms. The van der Waals surface area contributed by atoms with Crippen molar-refractivity contribution in [2.24, 2.45) is 0 Å². The van der Waals surface area contributed by atoms with E-state index in [1.165, 1.54) is 0 Å². The van der Waals surface area contributed by atoms with E-state index in [4.69, 9.17) is 20.2 Å². The average molecular weight is 557 g/mol. The summed E-state index contributed by atoms with van der Waals surface area (Å²) in [7, 11) is 0. The first-order valence-corrected chi connectivity index (χ1v) is 14.0. The monoisotopic (exact) mass is 556 g/mol. The number of carboxylic acid groups (broad SMARTS) is 2. The van der Waals surface area contributed by atoms with Crippen LogP contribution in [0.1, 0.15) is 71.1 Å². The standard InChI is InChI=1S/C25H40N6O.C4H4O4/c1-6-10-21-19-22(28-23(26-21)25(3,4)5)30-17-15-29(16-18-30)12-8-9-13-31-14-11-20(7-2)27-24(31)32;5-3(6)1-2-4(7)8/h11,14,19H,6-10,12-13,15-18H2,1-5H3;1-2H,(H,5,6)(H,7,8). The maximum atomic E-state index is 12.0. The van der Waals surface area contributed by atoms with Crippen LogP contribution in [0.25, 0.3) is 0 Å².